The van der Waals surface area contributed by atoms with Crippen molar-refractivity contribution in [1.29, 1.82) is 0 Å². The van der Waals surface area contributed by atoms with Crippen LogP contribution in [0.25, 0.3) is 0 Å². The van der Waals surface area contributed by atoms with Crippen LogP contribution in [0.4, 0.5) is 0 Å². The molecule has 0 radical (unpaired) electrons. The average molecular weight is 448 g/mol. The van der Waals surface area contributed by atoms with E-state index in [1.807, 2.05) is 64.6 Å². The summed E-state index contributed by atoms with van der Waals surface area (Å²) in [5, 5.41) is 3.30. The maximum atomic E-state index is 12.5. The van der Waals surface area contributed by atoms with Gasteiger partial charge in [-0.15, -0.1) is 0 Å². The van der Waals surface area contributed by atoms with Gasteiger partial charge in [-0.2, -0.15) is 0 Å². The monoisotopic (exact) mass is 447 g/mol. The highest BCUT2D eigenvalue weighted by Gasteiger charge is 2.12. The summed E-state index contributed by atoms with van der Waals surface area (Å²) < 4.78 is 3.12. The SMILES string of the molecule is CCNC(=NCCC(=O)N(C)Cc1ccccc1Br)N(C)Cc1cccn1C. The molecule has 28 heavy (non-hydrogen) atoms. The first-order chi connectivity index (χ1) is 13.4. The fraction of sp³-hybridized carbons (Fsp3) is 0.429. The second-order valence-corrected chi connectivity index (χ2v) is 7.65. The van der Waals surface area contributed by atoms with Crippen LogP contribution in [-0.2, 0) is 24.9 Å². The Kier molecular flexibility index (Phi) is 8.57. The maximum absolute atomic E-state index is 12.5. The van der Waals surface area contributed by atoms with Crippen molar-refractivity contribution in [2.24, 2.45) is 12.0 Å². The third-order valence-corrected chi connectivity index (χ3v) is 5.30. The molecule has 0 aliphatic carbocycles. The first kappa shape index (κ1) is 22.0. The van der Waals surface area contributed by atoms with Gasteiger partial charge < -0.3 is 19.7 Å². The van der Waals surface area contributed by atoms with E-state index in [0.717, 1.165) is 29.1 Å². The summed E-state index contributed by atoms with van der Waals surface area (Å²) in [6.45, 7) is 4.62. The molecule has 1 aromatic heterocycles. The molecule has 0 saturated heterocycles. The summed E-state index contributed by atoms with van der Waals surface area (Å²) >= 11 is 3.53. The smallest absolute Gasteiger partial charge is 0.224 e. The van der Waals surface area contributed by atoms with Gasteiger partial charge in [0.05, 0.1) is 13.1 Å². The van der Waals surface area contributed by atoms with E-state index in [4.69, 9.17) is 0 Å². The largest absolute Gasteiger partial charge is 0.357 e. The molecule has 0 bridgehead atoms. The molecule has 6 nitrogen and oxygen atoms in total. The highest BCUT2D eigenvalue weighted by atomic mass is 79.9. The molecule has 152 valence electrons. The minimum atomic E-state index is 0.0837. The van der Waals surface area contributed by atoms with Crippen LogP contribution >= 0.6 is 15.9 Å². The van der Waals surface area contributed by atoms with Crippen LogP contribution in [-0.4, -0.2) is 53.4 Å². The number of aryl methyl sites for hydroxylation is 1. The predicted octanol–water partition coefficient (Wildman–Crippen LogP) is 3.23. The number of carbonyl (C=O) groups excluding carboxylic acids is 1. The quantitative estimate of drug-likeness (QED) is 0.499. The van der Waals surface area contributed by atoms with Crippen molar-refractivity contribution < 1.29 is 4.79 Å². The normalized spacial score (nSPS) is 11.4. The molecule has 0 saturated carbocycles. The first-order valence-electron chi connectivity index (χ1n) is 9.49. The van der Waals surface area contributed by atoms with Crippen LogP contribution in [0, 0.1) is 0 Å². The molecule has 0 spiro atoms. The summed E-state index contributed by atoms with van der Waals surface area (Å²) in [6.07, 6.45) is 2.42. The molecular weight excluding hydrogens is 418 g/mol. The molecule has 0 atom stereocenters. The Hall–Kier alpha value is -2.28. The molecule has 2 aromatic rings. The van der Waals surface area contributed by atoms with E-state index in [9.17, 15) is 4.79 Å². The van der Waals surface area contributed by atoms with Gasteiger partial charge >= 0.3 is 0 Å². The van der Waals surface area contributed by atoms with Crippen LogP contribution in [0.15, 0.2) is 52.1 Å². The van der Waals surface area contributed by atoms with E-state index >= 15 is 0 Å². The fourth-order valence-electron chi connectivity index (χ4n) is 2.87. The second-order valence-electron chi connectivity index (χ2n) is 6.79. The van der Waals surface area contributed by atoms with E-state index in [-0.39, 0.29) is 5.91 Å². The lowest BCUT2D eigenvalue weighted by Crippen LogP contribution is -2.39. The number of guanidine groups is 1. The Morgan fingerprint density at radius 3 is 2.54 bits per heavy atom. The Morgan fingerprint density at radius 2 is 1.89 bits per heavy atom. The summed E-state index contributed by atoms with van der Waals surface area (Å²) in [5.41, 5.74) is 2.30. The Balaban J connectivity index is 1.90. The highest BCUT2D eigenvalue weighted by Crippen LogP contribution is 2.17. The van der Waals surface area contributed by atoms with Gasteiger partial charge in [0.25, 0.3) is 0 Å². The highest BCUT2D eigenvalue weighted by molar-refractivity contribution is 9.10. The zero-order valence-corrected chi connectivity index (χ0v) is 18.7. The van der Waals surface area contributed by atoms with Gasteiger partial charge in [0.15, 0.2) is 5.96 Å². The van der Waals surface area contributed by atoms with Gasteiger partial charge in [-0.05, 0) is 30.7 Å². The summed E-state index contributed by atoms with van der Waals surface area (Å²) in [7, 11) is 5.88. The minimum Gasteiger partial charge on any atom is -0.357 e. The molecule has 0 fully saturated rings. The molecule has 0 aliphatic heterocycles. The topological polar surface area (TPSA) is 52.9 Å². The standard InChI is InChI=1S/C21H30BrN5O/c1-5-23-21(27(4)16-18-10-8-14-25(18)2)24-13-12-20(28)26(3)15-17-9-6-7-11-19(17)22/h6-11,14H,5,12-13,15-16H2,1-4H3,(H,23,24). The van der Waals surface area contributed by atoms with Gasteiger partial charge in [-0.1, -0.05) is 34.1 Å². The number of hydrogen-bond donors (Lipinski definition) is 1. The van der Waals surface area contributed by atoms with Crippen molar-refractivity contribution in [2.75, 3.05) is 27.2 Å². The van der Waals surface area contributed by atoms with Crippen molar-refractivity contribution in [1.82, 2.24) is 19.7 Å². The number of halogens is 1. The van der Waals surface area contributed by atoms with Crippen LogP contribution in [0.1, 0.15) is 24.6 Å². The van der Waals surface area contributed by atoms with Crippen LogP contribution < -0.4 is 5.32 Å². The van der Waals surface area contributed by atoms with Crippen molar-refractivity contribution in [3.8, 4) is 0 Å². The van der Waals surface area contributed by atoms with Gasteiger partial charge in [0.1, 0.15) is 0 Å². The van der Waals surface area contributed by atoms with Gasteiger partial charge in [-0.25, -0.2) is 0 Å². The molecule has 2 rings (SSSR count). The summed E-state index contributed by atoms with van der Waals surface area (Å²) in [6, 6.07) is 12.1. The van der Waals surface area contributed by atoms with E-state index < -0.39 is 0 Å². The van der Waals surface area contributed by atoms with Crippen molar-refractivity contribution >= 4 is 27.8 Å². The number of rotatable bonds is 8. The van der Waals surface area contributed by atoms with E-state index in [1.165, 1.54) is 5.69 Å². The number of aliphatic imine (C=N–C) groups is 1. The van der Waals surface area contributed by atoms with Crippen molar-refractivity contribution in [3.63, 3.8) is 0 Å². The van der Waals surface area contributed by atoms with Crippen molar-refractivity contribution in [3.05, 3.63) is 58.3 Å². The minimum absolute atomic E-state index is 0.0837. The molecule has 1 N–H and O–H groups in total. The molecule has 0 aliphatic rings. The number of aromatic nitrogens is 1. The number of amides is 1. The van der Waals surface area contributed by atoms with Crippen LogP contribution in [0.3, 0.4) is 0 Å². The molecular formula is C21H30BrN5O. The Labute approximate surface area is 176 Å². The number of carbonyl (C=O) groups is 1. The summed E-state index contributed by atoms with van der Waals surface area (Å²) in [5.74, 6) is 0.894. The summed E-state index contributed by atoms with van der Waals surface area (Å²) in [4.78, 5) is 20.9. The van der Waals surface area contributed by atoms with Crippen LogP contribution in [0.5, 0.6) is 0 Å². The van der Waals surface area contributed by atoms with Gasteiger partial charge in [-0.3, -0.25) is 9.79 Å². The van der Waals surface area contributed by atoms with Crippen molar-refractivity contribution in [2.45, 2.75) is 26.4 Å². The fourth-order valence-corrected chi connectivity index (χ4v) is 3.28. The Morgan fingerprint density at radius 1 is 1.14 bits per heavy atom. The zero-order chi connectivity index (χ0) is 20.5. The van der Waals surface area contributed by atoms with E-state index in [1.54, 1.807) is 4.90 Å². The molecule has 1 aromatic carbocycles. The third kappa shape index (κ3) is 6.41. The van der Waals surface area contributed by atoms with Crippen LogP contribution in [0.2, 0.25) is 0 Å². The lowest BCUT2D eigenvalue weighted by Gasteiger charge is -2.22. The molecule has 1 heterocycles. The predicted molar refractivity (Wildman–Crippen MR) is 118 cm³/mol. The number of hydrogen-bond acceptors (Lipinski definition) is 2. The number of nitrogens with one attached hydrogen (secondary N) is 1. The van der Waals surface area contributed by atoms with Gasteiger partial charge in [0, 0.05) is 57.0 Å². The molecule has 1 amide bonds. The van der Waals surface area contributed by atoms with Gasteiger partial charge in [0.2, 0.25) is 5.91 Å². The Bertz CT molecular complexity index is 802. The first-order valence-corrected chi connectivity index (χ1v) is 10.3. The average Bonchev–Trinajstić information content (AvgIpc) is 3.07. The molecule has 0 unspecified atom stereocenters. The lowest BCUT2D eigenvalue weighted by molar-refractivity contribution is -0.130. The van der Waals surface area contributed by atoms with E-state index in [2.05, 4.69) is 41.8 Å². The second kappa shape index (κ2) is 10.9. The zero-order valence-electron chi connectivity index (χ0n) is 17.2. The lowest BCUT2D eigenvalue weighted by atomic mass is 10.2. The van der Waals surface area contributed by atoms with E-state index in [0.29, 0.717) is 19.5 Å². The number of benzene rings is 1. The third-order valence-electron chi connectivity index (χ3n) is 4.53. The maximum Gasteiger partial charge on any atom is 0.224 e. The number of nitrogens with zero attached hydrogens (tertiary/aromatic N) is 4. The molecule has 7 heteroatoms.